The van der Waals surface area contributed by atoms with E-state index < -0.39 is 0 Å². The van der Waals surface area contributed by atoms with Crippen molar-refractivity contribution in [2.45, 2.75) is 24.8 Å². The molecule has 0 spiro atoms. The van der Waals surface area contributed by atoms with Crippen molar-refractivity contribution < 1.29 is 4.18 Å². The molecule has 2 aromatic rings. The topological polar surface area (TPSA) is 86.0 Å². The van der Waals surface area contributed by atoms with Gasteiger partial charge in [0.15, 0.2) is 0 Å². The van der Waals surface area contributed by atoms with Crippen molar-refractivity contribution in [3.63, 3.8) is 0 Å². The van der Waals surface area contributed by atoms with E-state index in [1.54, 1.807) is 14.0 Å². The fraction of sp³-hybridized carbons (Fsp3) is 0.308. The normalized spacial score (nSPS) is 12.2. The third-order valence-electron chi connectivity index (χ3n) is 2.67. The number of aryl methyl sites for hydroxylation is 1. The van der Waals surface area contributed by atoms with E-state index in [9.17, 15) is 0 Å². The summed E-state index contributed by atoms with van der Waals surface area (Å²) in [4.78, 5) is 13.3. The molecule has 3 N–H and O–H groups in total. The van der Waals surface area contributed by atoms with Gasteiger partial charge in [-0.2, -0.15) is 15.0 Å². The van der Waals surface area contributed by atoms with Crippen molar-refractivity contribution in [2.24, 2.45) is 0 Å². The van der Waals surface area contributed by atoms with Crippen LogP contribution in [0.15, 0.2) is 29.2 Å². The highest BCUT2D eigenvalue weighted by atomic mass is 32.2. The maximum atomic E-state index is 5.61. The van der Waals surface area contributed by atoms with Crippen LogP contribution in [0.4, 0.5) is 11.9 Å². The van der Waals surface area contributed by atoms with E-state index in [0.717, 1.165) is 10.5 Å². The van der Waals surface area contributed by atoms with E-state index >= 15 is 0 Å². The molecule has 0 aliphatic rings. The maximum Gasteiger partial charge on any atom is 0.228 e. The van der Waals surface area contributed by atoms with Crippen LogP contribution in [0.25, 0.3) is 0 Å². The van der Waals surface area contributed by atoms with Crippen LogP contribution in [-0.4, -0.2) is 22.1 Å². The Morgan fingerprint density at radius 1 is 1.20 bits per heavy atom. The summed E-state index contributed by atoms with van der Waals surface area (Å²) in [6.45, 7) is 3.82. The minimum Gasteiger partial charge on any atom is -0.368 e. The zero-order valence-electron chi connectivity index (χ0n) is 11.6. The first-order chi connectivity index (χ1) is 9.58. The molecule has 0 saturated heterocycles. The van der Waals surface area contributed by atoms with Gasteiger partial charge in [-0.1, -0.05) is 12.1 Å². The first-order valence-corrected chi connectivity index (χ1v) is 6.88. The van der Waals surface area contributed by atoms with Gasteiger partial charge in [-0.15, -0.1) is 0 Å². The molecule has 0 aliphatic heterocycles. The molecule has 0 saturated carbocycles. The fourth-order valence-corrected chi connectivity index (χ4v) is 2.19. The molecular formula is C13H17N5OS. The Hall–Kier alpha value is -1.86. The lowest BCUT2D eigenvalue weighted by Crippen LogP contribution is -2.12. The number of benzene rings is 1. The van der Waals surface area contributed by atoms with Crippen molar-refractivity contribution in [3.05, 3.63) is 35.7 Å². The second-order valence-electron chi connectivity index (χ2n) is 4.25. The molecule has 0 radical (unpaired) electrons. The highest BCUT2D eigenvalue weighted by molar-refractivity contribution is 7.94. The Balaban J connectivity index is 2.08. The average Bonchev–Trinajstić information content (AvgIpc) is 2.38. The minimum atomic E-state index is 0.0674. The number of anilines is 2. The smallest absolute Gasteiger partial charge is 0.228 e. The van der Waals surface area contributed by atoms with Crippen LogP contribution >= 0.6 is 12.0 Å². The Morgan fingerprint density at radius 3 is 2.50 bits per heavy atom. The van der Waals surface area contributed by atoms with Crippen LogP contribution in [0, 0.1) is 6.92 Å². The Labute approximate surface area is 122 Å². The largest absolute Gasteiger partial charge is 0.368 e. The van der Waals surface area contributed by atoms with Crippen LogP contribution in [-0.2, 0) is 4.18 Å². The molecule has 0 aliphatic carbocycles. The van der Waals surface area contributed by atoms with Crippen molar-refractivity contribution in [1.82, 2.24) is 15.0 Å². The Kier molecular flexibility index (Phi) is 4.75. The van der Waals surface area contributed by atoms with Gasteiger partial charge in [-0.05, 0) is 31.5 Å². The second-order valence-corrected chi connectivity index (χ2v) is 5.22. The third-order valence-corrected chi connectivity index (χ3v) is 3.30. The third kappa shape index (κ3) is 3.82. The fourth-order valence-electron chi connectivity index (χ4n) is 1.75. The van der Waals surface area contributed by atoms with Crippen LogP contribution in [0.3, 0.4) is 0 Å². The number of hydrogen-bond acceptors (Lipinski definition) is 7. The first-order valence-electron chi connectivity index (χ1n) is 6.14. The highest BCUT2D eigenvalue weighted by Gasteiger charge is 2.08. The van der Waals surface area contributed by atoms with Gasteiger partial charge in [-0.3, -0.25) is 0 Å². The predicted octanol–water partition coefficient (Wildman–Crippen LogP) is 2.59. The van der Waals surface area contributed by atoms with E-state index in [4.69, 9.17) is 9.92 Å². The summed E-state index contributed by atoms with van der Waals surface area (Å²) in [5.41, 5.74) is 6.74. The quantitative estimate of drug-likeness (QED) is 0.819. The summed E-state index contributed by atoms with van der Waals surface area (Å²) in [5.74, 6) is 1.30. The summed E-state index contributed by atoms with van der Waals surface area (Å²) in [6, 6.07) is 8.16. The summed E-state index contributed by atoms with van der Waals surface area (Å²) in [6.07, 6.45) is 0. The van der Waals surface area contributed by atoms with Gasteiger partial charge < -0.3 is 15.2 Å². The van der Waals surface area contributed by atoms with Gasteiger partial charge in [0, 0.05) is 16.9 Å². The number of aromatic nitrogens is 3. The zero-order valence-corrected chi connectivity index (χ0v) is 12.4. The monoisotopic (exact) mass is 291 g/mol. The zero-order chi connectivity index (χ0) is 14.5. The molecule has 1 aromatic heterocycles. The number of nitrogen functional groups attached to an aromatic ring is 1. The van der Waals surface area contributed by atoms with Crippen LogP contribution in [0.2, 0.25) is 0 Å². The number of nitrogens with two attached hydrogens (primary N) is 1. The van der Waals surface area contributed by atoms with Gasteiger partial charge in [-0.25, -0.2) is 0 Å². The molecular weight excluding hydrogens is 274 g/mol. The molecule has 1 heterocycles. The summed E-state index contributed by atoms with van der Waals surface area (Å²) in [7, 11) is 1.65. The lowest BCUT2D eigenvalue weighted by molar-refractivity contribution is 0.490. The van der Waals surface area contributed by atoms with Gasteiger partial charge in [0.1, 0.15) is 5.82 Å². The Bertz CT molecular complexity index is 555. The standard InChI is InChI=1S/C13H17N5OS/c1-8(10-4-6-11(7-5-10)20-19-3)15-13-17-9(2)16-12(14)18-13/h4-8H,1-3H3,(H3,14,15,16,17,18). The summed E-state index contributed by atoms with van der Waals surface area (Å²) >= 11 is 1.33. The van der Waals surface area contributed by atoms with E-state index in [1.807, 2.05) is 31.2 Å². The average molecular weight is 291 g/mol. The van der Waals surface area contributed by atoms with Gasteiger partial charge in [0.2, 0.25) is 11.9 Å². The lowest BCUT2D eigenvalue weighted by Gasteiger charge is -2.14. The second kappa shape index (κ2) is 6.53. The lowest BCUT2D eigenvalue weighted by atomic mass is 10.1. The van der Waals surface area contributed by atoms with Crippen molar-refractivity contribution >= 4 is 23.9 Å². The number of rotatable bonds is 5. The van der Waals surface area contributed by atoms with Crippen LogP contribution < -0.4 is 11.1 Å². The molecule has 1 aromatic carbocycles. The highest BCUT2D eigenvalue weighted by Crippen LogP contribution is 2.22. The van der Waals surface area contributed by atoms with Crippen molar-refractivity contribution in [2.75, 3.05) is 18.2 Å². The molecule has 0 bridgehead atoms. The van der Waals surface area contributed by atoms with Gasteiger partial charge in [0.05, 0.1) is 13.2 Å². The molecule has 20 heavy (non-hydrogen) atoms. The van der Waals surface area contributed by atoms with E-state index in [1.165, 1.54) is 12.0 Å². The van der Waals surface area contributed by atoms with Crippen molar-refractivity contribution in [3.8, 4) is 0 Å². The SMILES string of the molecule is COSc1ccc(C(C)Nc2nc(C)nc(N)n2)cc1. The van der Waals surface area contributed by atoms with E-state index in [-0.39, 0.29) is 12.0 Å². The molecule has 1 atom stereocenters. The molecule has 1 unspecified atom stereocenters. The first kappa shape index (κ1) is 14.5. The van der Waals surface area contributed by atoms with Gasteiger partial charge >= 0.3 is 0 Å². The molecule has 0 amide bonds. The number of nitrogens with zero attached hydrogens (tertiary/aromatic N) is 3. The van der Waals surface area contributed by atoms with Crippen LogP contribution in [0.1, 0.15) is 24.4 Å². The Morgan fingerprint density at radius 2 is 1.90 bits per heavy atom. The molecule has 106 valence electrons. The number of hydrogen-bond donors (Lipinski definition) is 2. The predicted molar refractivity (Wildman–Crippen MR) is 80.3 cm³/mol. The van der Waals surface area contributed by atoms with Crippen LogP contribution in [0.5, 0.6) is 0 Å². The van der Waals surface area contributed by atoms with E-state index in [0.29, 0.717) is 11.8 Å². The van der Waals surface area contributed by atoms with Gasteiger partial charge in [0.25, 0.3) is 0 Å². The summed E-state index contributed by atoms with van der Waals surface area (Å²) < 4.78 is 5.01. The minimum absolute atomic E-state index is 0.0674. The maximum absolute atomic E-state index is 5.61. The molecule has 0 fully saturated rings. The summed E-state index contributed by atoms with van der Waals surface area (Å²) in [5, 5.41) is 3.21. The number of nitrogens with one attached hydrogen (secondary N) is 1. The molecule has 7 heteroatoms. The van der Waals surface area contributed by atoms with Crippen molar-refractivity contribution in [1.29, 1.82) is 0 Å². The molecule has 2 rings (SSSR count). The van der Waals surface area contributed by atoms with E-state index in [2.05, 4.69) is 20.3 Å². The molecule has 6 nitrogen and oxygen atoms in total.